The quantitative estimate of drug-likeness (QED) is 0.940. The van der Waals surface area contributed by atoms with Crippen LogP contribution in [-0.2, 0) is 4.79 Å². The van der Waals surface area contributed by atoms with E-state index < -0.39 is 0 Å². The predicted molar refractivity (Wildman–Crippen MR) is 91.4 cm³/mol. The van der Waals surface area contributed by atoms with E-state index in [0.717, 1.165) is 43.6 Å². The van der Waals surface area contributed by atoms with Crippen molar-refractivity contribution in [3.8, 4) is 0 Å². The number of amides is 1. The minimum atomic E-state index is 0.288. The number of hydrogen-bond donors (Lipinski definition) is 1. The van der Waals surface area contributed by atoms with E-state index in [4.69, 9.17) is 0 Å². The highest BCUT2D eigenvalue weighted by molar-refractivity contribution is 5.77. The van der Waals surface area contributed by atoms with Gasteiger partial charge in [-0.25, -0.2) is 9.97 Å². The van der Waals surface area contributed by atoms with Gasteiger partial charge in [-0.15, -0.1) is 0 Å². The van der Waals surface area contributed by atoms with E-state index in [0.29, 0.717) is 17.5 Å². The van der Waals surface area contributed by atoms with Crippen molar-refractivity contribution >= 4 is 17.1 Å². The molecule has 2 aliphatic rings. The molecule has 1 N–H and O–H groups in total. The van der Waals surface area contributed by atoms with Crippen LogP contribution in [0.5, 0.6) is 0 Å². The first kappa shape index (κ1) is 15.5. The highest BCUT2D eigenvalue weighted by atomic mass is 16.2. The molecule has 6 heteroatoms. The molecule has 0 spiro atoms. The van der Waals surface area contributed by atoms with E-state index in [1.165, 1.54) is 32.1 Å². The standard InChI is InChI=1S/C18H25N5O/c24-15(11-13-5-2-1-3-6-13)23-10-4-7-14(12-23)16-17-18(22-21-16)20-9-8-19-17/h8-9,13-14H,1-7,10-12H2,(H,20,21,22)/t14-/m1/s1. The maximum Gasteiger partial charge on any atom is 0.222 e. The number of H-pyrrole nitrogens is 1. The van der Waals surface area contributed by atoms with Crippen LogP contribution in [0.2, 0.25) is 0 Å². The Morgan fingerprint density at radius 3 is 2.83 bits per heavy atom. The largest absolute Gasteiger partial charge is 0.342 e. The number of nitrogens with zero attached hydrogens (tertiary/aromatic N) is 4. The van der Waals surface area contributed by atoms with Gasteiger partial charge in [0, 0.05) is 37.8 Å². The molecule has 128 valence electrons. The van der Waals surface area contributed by atoms with E-state index in [-0.39, 0.29) is 5.92 Å². The Kier molecular flexibility index (Phi) is 4.45. The summed E-state index contributed by atoms with van der Waals surface area (Å²) in [7, 11) is 0. The lowest BCUT2D eigenvalue weighted by molar-refractivity contribution is -0.133. The molecular formula is C18H25N5O. The number of carbonyl (C=O) groups excluding carboxylic acids is 1. The average Bonchev–Trinajstić information content (AvgIpc) is 3.07. The summed E-state index contributed by atoms with van der Waals surface area (Å²) < 4.78 is 0. The molecule has 4 rings (SSSR count). The van der Waals surface area contributed by atoms with Crippen LogP contribution in [0.25, 0.3) is 11.2 Å². The topological polar surface area (TPSA) is 74.8 Å². The Bertz CT molecular complexity index is 706. The number of carbonyl (C=O) groups is 1. The lowest BCUT2D eigenvalue weighted by Crippen LogP contribution is -2.40. The highest BCUT2D eigenvalue weighted by Crippen LogP contribution is 2.31. The molecule has 1 atom stereocenters. The van der Waals surface area contributed by atoms with Crippen molar-refractivity contribution in [1.82, 2.24) is 25.1 Å². The Labute approximate surface area is 142 Å². The molecule has 24 heavy (non-hydrogen) atoms. The molecule has 1 aliphatic heterocycles. The van der Waals surface area contributed by atoms with Gasteiger partial charge >= 0.3 is 0 Å². The summed E-state index contributed by atoms with van der Waals surface area (Å²) in [6, 6.07) is 0. The summed E-state index contributed by atoms with van der Waals surface area (Å²) in [5.41, 5.74) is 2.55. The summed E-state index contributed by atoms with van der Waals surface area (Å²) in [5, 5.41) is 7.37. The smallest absolute Gasteiger partial charge is 0.222 e. The third-order valence-electron chi connectivity index (χ3n) is 5.59. The van der Waals surface area contributed by atoms with Gasteiger partial charge in [0.05, 0.1) is 5.69 Å². The van der Waals surface area contributed by atoms with Gasteiger partial charge in [-0.3, -0.25) is 9.89 Å². The molecule has 0 radical (unpaired) electrons. The molecule has 1 aliphatic carbocycles. The van der Waals surface area contributed by atoms with Crippen LogP contribution in [0.3, 0.4) is 0 Å². The molecule has 6 nitrogen and oxygen atoms in total. The fraction of sp³-hybridized carbons (Fsp3) is 0.667. The number of rotatable bonds is 3. The maximum atomic E-state index is 12.7. The van der Waals surface area contributed by atoms with Crippen molar-refractivity contribution in [2.75, 3.05) is 13.1 Å². The van der Waals surface area contributed by atoms with Crippen LogP contribution < -0.4 is 0 Å². The predicted octanol–water partition coefficient (Wildman–Crippen LogP) is 3.03. The molecule has 2 aromatic rings. The van der Waals surface area contributed by atoms with Crippen molar-refractivity contribution in [3.63, 3.8) is 0 Å². The fourth-order valence-electron chi connectivity index (χ4n) is 4.26. The number of likely N-dealkylation sites (tertiary alicyclic amines) is 1. The SMILES string of the molecule is O=C(CC1CCCCC1)N1CCC[C@@H](c2[nH]nc3nccnc23)C1. The zero-order chi connectivity index (χ0) is 16.4. The second-order valence-electron chi connectivity index (χ2n) is 7.25. The Hall–Kier alpha value is -1.98. The zero-order valence-electron chi connectivity index (χ0n) is 14.1. The van der Waals surface area contributed by atoms with E-state index in [1.807, 2.05) is 0 Å². The van der Waals surface area contributed by atoms with Crippen molar-refractivity contribution in [2.24, 2.45) is 5.92 Å². The molecule has 1 amide bonds. The molecule has 0 bridgehead atoms. The molecule has 0 aromatic carbocycles. The monoisotopic (exact) mass is 327 g/mol. The second-order valence-corrected chi connectivity index (χ2v) is 7.25. The molecule has 2 aromatic heterocycles. The molecule has 1 saturated carbocycles. The minimum Gasteiger partial charge on any atom is -0.342 e. The van der Waals surface area contributed by atoms with Crippen molar-refractivity contribution in [3.05, 3.63) is 18.1 Å². The van der Waals surface area contributed by atoms with Crippen LogP contribution in [-0.4, -0.2) is 44.1 Å². The van der Waals surface area contributed by atoms with Gasteiger partial charge in [0.2, 0.25) is 5.91 Å². The van der Waals surface area contributed by atoms with Gasteiger partial charge in [-0.05, 0) is 31.6 Å². The van der Waals surface area contributed by atoms with Gasteiger partial charge in [-0.2, -0.15) is 5.10 Å². The molecule has 3 heterocycles. The van der Waals surface area contributed by atoms with E-state index >= 15 is 0 Å². The number of fused-ring (bicyclic) bond motifs is 1. The highest BCUT2D eigenvalue weighted by Gasteiger charge is 2.29. The zero-order valence-corrected chi connectivity index (χ0v) is 14.1. The minimum absolute atomic E-state index is 0.288. The molecule has 0 unspecified atom stereocenters. The van der Waals surface area contributed by atoms with Crippen LogP contribution >= 0.6 is 0 Å². The normalized spacial score (nSPS) is 22.8. The van der Waals surface area contributed by atoms with Crippen molar-refractivity contribution in [2.45, 2.75) is 57.3 Å². The van der Waals surface area contributed by atoms with Crippen LogP contribution in [0.4, 0.5) is 0 Å². The lowest BCUT2D eigenvalue weighted by atomic mass is 9.86. The fourth-order valence-corrected chi connectivity index (χ4v) is 4.26. The lowest BCUT2D eigenvalue weighted by Gasteiger charge is -2.33. The van der Waals surface area contributed by atoms with Crippen LogP contribution in [0.15, 0.2) is 12.4 Å². The number of nitrogens with one attached hydrogen (secondary N) is 1. The summed E-state index contributed by atoms with van der Waals surface area (Å²) in [4.78, 5) is 23.4. The van der Waals surface area contributed by atoms with E-state index in [1.54, 1.807) is 12.4 Å². The van der Waals surface area contributed by atoms with Crippen LogP contribution in [0.1, 0.15) is 63.0 Å². The summed E-state index contributed by atoms with van der Waals surface area (Å²) in [6.07, 6.45) is 12.6. The number of hydrogen-bond acceptors (Lipinski definition) is 4. The summed E-state index contributed by atoms with van der Waals surface area (Å²) in [6.45, 7) is 1.67. The Morgan fingerprint density at radius 1 is 1.12 bits per heavy atom. The van der Waals surface area contributed by atoms with Gasteiger partial charge in [0.25, 0.3) is 0 Å². The molecule has 1 saturated heterocycles. The van der Waals surface area contributed by atoms with Crippen LogP contribution in [0, 0.1) is 5.92 Å². The van der Waals surface area contributed by atoms with Crippen molar-refractivity contribution in [1.29, 1.82) is 0 Å². The second kappa shape index (κ2) is 6.87. The first-order valence-corrected chi connectivity index (χ1v) is 9.24. The summed E-state index contributed by atoms with van der Waals surface area (Å²) >= 11 is 0. The first-order chi connectivity index (χ1) is 11.8. The van der Waals surface area contributed by atoms with Crippen molar-refractivity contribution < 1.29 is 4.79 Å². The van der Waals surface area contributed by atoms with E-state index in [9.17, 15) is 4.79 Å². The Morgan fingerprint density at radius 2 is 1.96 bits per heavy atom. The average molecular weight is 327 g/mol. The third kappa shape index (κ3) is 3.14. The molecule has 2 fully saturated rings. The number of aromatic amines is 1. The van der Waals surface area contributed by atoms with Gasteiger partial charge in [-0.1, -0.05) is 19.3 Å². The van der Waals surface area contributed by atoms with Gasteiger partial charge in [0.15, 0.2) is 5.65 Å². The van der Waals surface area contributed by atoms with Gasteiger partial charge in [0.1, 0.15) is 5.52 Å². The third-order valence-corrected chi connectivity index (χ3v) is 5.59. The Balaban J connectivity index is 1.44. The maximum absolute atomic E-state index is 12.7. The first-order valence-electron chi connectivity index (χ1n) is 9.24. The molecular weight excluding hydrogens is 302 g/mol. The summed E-state index contributed by atoms with van der Waals surface area (Å²) in [5.74, 6) is 1.22. The van der Waals surface area contributed by atoms with Gasteiger partial charge < -0.3 is 4.90 Å². The van der Waals surface area contributed by atoms with E-state index in [2.05, 4.69) is 25.1 Å². The number of piperidine rings is 1. The number of aromatic nitrogens is 4.